The van der Waals surface area contributed by atoms with Crippen molar-refractivity contribution in [2.75, 3.05) is 0 Å². The van der Waals surface area contributed by atoms with Crippen molar-refractivity contribution >= 4 is 27.8 Å². The summed E-state index contributed by atoms with van der Waals surface area (Å²) in [6.07, 6.45) is 3.65. The molecule has 0 bridgehead atoms. The molecule has 0 spiro atoms. The standard InChI is InChI=1S/C17H22BrNO3/c1-11(15(20)21)12(2)19-16(22)17(8-3-4-9-17)13-6-5-7-14(18)10-13/h5-7,10-12H,3-4,8-9H2,1-2H3,(H,19,22)(H,20,21). The zero-order valence-electron chi connectivity index (χ0n) is 12.9. The molecule has 0 aromatic heterocycles. The van der Waals surface area contributed by atoms with Crippen LogP contribution < -0.4 is 5.32 Å². The predicted octanol–water partition coefficient (Wildman–Crippen LogP) is 3.49. The summed E-state index contributed by atoms with van der Waals surface area (Å²) >= 11 is 3.47. The summed E-state index contributed by atoms with van der Waals surface area (Å²) in [5.41, 5.74) is 0.475. The first kappa shape index (κ1) is 17.0. The summed E-state index contributed by atoms with van der Waals surface area (Å²) in [6, 6.07) is 7.47. The SMILES string of the molecule is CC(NC(=O)C1(c2cccc(Br)c2)CCCC1)C(C)C(=O)O. The van der Waals surface area contributed by atoms with E-state index in [1.807, 2.05) is 24.3 Å². The molecule has 2 rings (SSSR count). The van der Waals surface area contributed by atoms with Gasteiger partial charge in [0.05, 0.1) is 11.3 Å². The van der Waals surface area contributed by atoms with Crippen LogP contribution in [0.25, 0.3) is 0 Å². The molecule has 1 amide bonds. The summed E-state index contributed by atoms with van der Waals surface area (Å²) < 4.78 is 0.955. The average Bonchev–Trinajstić information content (AvgIpc) is 2.97. The highest BCUT2D eigenvalue weighted by atomic mass is 79.9. The summed E-state index contributed by atoms with van der Waals surface area (Å²) in [7, 11) is 0. The molecular formula is C17H22BrNO3. The predicted molar refractivity (Wildman–Crippen MR) is 88.7 cm³/mol. The fourth-order valence-electron chi connectivity index (χ4n) is 3.10. The molecule has 0 heterocycles. The summed E-state index contributed by atoms with van der Waals surface area (Å²) in [5, 5.41) is 12.0. The van der Waals surface area contributed by atoms with E-state index in [4.69, 9.17) is 5.11 Å². The molecule has 1 fully saturated rings. The lowest BCUT2D eigenvalue weighted by molar-refractivity contribution is -0.142. The smallest absolute Gasteiger partial charge is 0.308 e. The zero-order chi connectivity index (χ0) is 16.3. The maximum atomic E-state index is 12.9. The van der Waals surface area contributed by atoms with Crippen molar-refractivity contribution in [3.63, 3.8) is 0 Å². The number of carbonyl (C=O) groups is 2. The summed E-state index contributed by atoms with van der Waals surface area (Å²) in [4.78, 5) is 24.0. The number of carboxylic acid groups (broad SMARTS) is 1. The Morgan fingerprint density at radius 2 is 1.91 bits per heavy atom. The van der Waals surface area contributed by atoms with E-state index in [0.717, 1.165) is 35.7 Å². The van der Waals surface area contributed by atoms with Crippen LogP contribution in [0.5, 0.6) is 0 Å². The number of hydrogen-bond donors (Lipinski definition) is 2. The Morgan fingerprint density at radius 1 is 1.27 bits per heavy atom. The van der Waals surface area contributed by atoms with Gasteiger partial charge in [0.25, 0.3) is 0 Å². The Hall–Kier alpha value is -1.36. The molecule has 1 aromatic carbocycles. The van der Waals surface area contributed by atoms with Crippen LogP contribution in [0.3, 0.4) is 0 Å². The Kier molecular flexibility index (Phi) is 5.27. The van der Waals surface area contributed by atoms with Crippen LogP contribution in [0.15, 0.2) is 28.7 Å². The first-order chi connectivity index (χ1) is 10.4. The van der Waals surface area contributed by atoms with Gasteiger partial charge in [-0.2, -0.15) is 0 Å². The molecule has 0 aliphatic heterocycles. The monoisotopic (exact) mass is 367 g/mol. The van der Waals surface area contributed by atoms with Crippen LogP contribution in [0, 0.1) is 5.92 Å². The van der Waals surface area contributed by atoms with Crippen molar-refractivity contribution in [3.05, 3.63) is 34.3 Å². The highest BCUT2D eigenvalue weighted by Crippen LogP contribution is 2.42. The molecule has 1 aliphatic rings. The molecular weight excluding hydrogens is 346 g/mol. The number of carbonyl (C=O) groups excluding carboxylic acids is 1. The number of aliphatic carboxylic acids is 1. The van der Waals surface area contributed by atoms with Gasteiger partial charge in [-0.25, -0.2) is 0 Å². The third-order valence-electron chi connectivity index (χ3n) is 4.77. The van der Waals surface area contributed by atoms with E-state index in [1.54, 1.807) is 13.8 Å². The quantitative estimate of drug-likeness (QED) is 0.836. The first-order valence-corrected chi connectivity index (χ1v) is 8.46. The zero-order valence-corrected chi connectivity index (χ0v) is 14.5. The minimum absolute atomic E-state index is 0.0521. The molecule has 1 aromatic rings. The third kappa shape index (κ3) is 3.35. The normalized spacial score (nSPS) is 19.4. The van der Waals surface area contributed by atoms with Crippen molar-refractivity contribution in [3.8, 4) is 0 Å². The molecule has 1 saturated carbocycles. The van der Waals surface area contributed by atoms with E-state index < -0.39 is 23.3 Å². The number of rotatable bonds is 5. The van der Waals surface area contributed by atoms with Crippen LogP contribution in [0.1, 0.15) is 45.1 Å². The maximum absolute atomic E-state index is 12.9. The second-order valence-electron chi connectivity index (χ2n) is 6.19. The van der Waals surface area contributed by atoms with Crippen molar-refractivity contribution in [1.82, 2.24) is 5.32 Å². The molecule has 2 N–H and O–H groups in total. The Balaban J connectivity index is 2.24. The average molecular weight is 368 g/mol. The molecule has 120 valence electrons. The van der Waals surface area contributed by atoms with Crippen molar-refractivity contribution < 1.29 is 14.7 Å². The van der Waals surface area contributed by atoms with Crippen LogP contribution >= 0.6 is 15.9 Å². The van der Waals surface area contributed by atoms with Gasteiger partial charge >= 0.3 is 5.97 Å². The van der Waals surface area contributed by atoms with Gasteiger partial charge in [-0.15, -0.1) is 0 Å². The Morgan fingerprint density at radius 3 is 2.45 bits per heavy atom. The molecule has 1 aliphatic carbocycles. The lowest BCUT2D eigenvalue weighted by atomic mass is 9.77. The van der Waals surface area contributed by atoms with E-state index in [9.17, 15) is 9.59 Å². The van der Waals surface area contributed by atoms with Crippen molar-refractivity contribution in [1.29, 1.82) is 0 Å². The van der Waals surface area contributed by atoms with Gasteiger partial charge in [-0.1, -0.05) is 40.9 Å². The lowest BCUT2D eigenvalue weighted by Gasteiger charge is -2.31. The fraction of sp³-hybridized carbons (Fsp3) is 0.529. The van der Waals surface area contributed by atoms with Gasteiger partial charge in [0.2, 0.25) is 5.91 Å². The topological polar surface area (TPSA) is 66.4 Å². The summed E-state index contributed by atoms with van der Waals surface area (Å²) in [5.74, 6) is -1.55. The highest BCUT2D eigenvalue weighted by molar-refractivity contribution is 9.10. The van der Waals surface area contributed by atoms with Gasteiger partial charge in [0.1, 0.15) is 0 Å². The van der Waals surface area contributed by atoms with E-state index in [-0.39, 0.29) is 5.91 Å². The second kappa shape index (κ2) is 6.82. The number of hydrogen-bond acceptors (Lipinski definition) is 2. The molecule has 0 saturated heterocycles. The molecule has 5 heteroatoms. The molecule has 2 unspecified atom stereocenters. The van der Waals surface area contributed by atoms with E-state index in [1.165, 1.54) is 0 Å². The van der Waals surface area contributed by atoms with E-state index in [2.05, 4.69) is 21.2 Å². The van der Waals surface area contributed by atoms with Gasteiger partial charge in [0, 0.05) is 10.5 Å². The first-order valence-electron chi connectivity index (χ1n) is 7.66. The number of amides is 1. The van der Waals surface area contributed by atoms with Gasteiger partial charge in [-0.3, -0.25) is 9.59 Å². The van der Waals surface area contributed by atoms with E-state index >= 15 is 0 Å². The van der Waals surface area contributed by atoms with Crippen molar-refractivity contribution in [2.24, 2.45) is 5.92 Å². The second-order valence-corrected chi connectivity index (χ2v) is 7.10. The van der Waals surface area contributed by atoms with Gasteiger partial charge in [0.15, 0.2) is 0 Å². The third-order valence-corrected chi connectivity index (χ3v) is 5.26. The maximum Gasteiger partial charge on any atom is 0.308 e. The van der Waals surface area contributed by atoms with Crippen molar-refractivity contribution in [2.45, 2.75) is 51.0 Å². The number of halogens is 1. The minimum atomic E-state index is -0.893. The molecule has 4 nitrogen and oxygen atoms in total. The molecule has 2 atom stereocenters. The van der Waals surface area contributed by atoms with Gasteiger partial charge in [-0.05, 0) is 44.4 Å². The van der Waals surface area contributed by atoms with Crippen LogP contribution in [0.2, 0.25) is 0 Å². The summed E-state index contributed by atoms with van der Waals surface area (Å²) in [6.45, 7) is 3.37. The number of benzene rings is 1. The van der Waals surface area contributed by atoms with Gasteiger partial charge < -0.3 is 10.4 Å². The number of nitrogens with one attached hydrogen (secondary N) is 1. The van der Waals surface area contributed by atoms with Crippen LogP contribution in [-0.4, -0.2) is 23.0 Å². The Labute approximate surface area is 139 Å². The van der Waals surface area contributed by atoms with Crippen LogP contribution in [-0.2, 0) is 15.0 Å². The van der Waals surface area contributed by atoms with E-state index in [0.29, 0.717) is 0 Å². The molecule has 22 heavy (non-hydrogen) atoms. The number of carboxylic acids is 1. The van der Waals surface area contributed by atoms with Crippen LogP contribution in [0.4, 0.5) is 0 Å². The Bertz CT molecular complexity index is 567. The fourth-order valence-corrected chi connectivity index (χ4v) is 3.49. The largest absolute Gasteiger partial charge is 0.481 e. The lowest BCUT2D eigenvalue weighted by Crippen LogP contribution is -2.49. The minimum Gasteiger partial charge on any atom is -0.481 e. The molecule has 0 radical (unpaired) electrons. The highest BCUT2D eigenvalue weighted by Gasteiger charge is 2.43.